The van der Waals surface area contributed by atoms with E-state index in [-0.39, 0.29) is 5.82 Å². The molecule has 0 amide bonds. The van der Waals surface area contributed by atoms with Crippen LogP contribution < -0.4 is 4.90 Å². The van der Waals surface area contributed by atoms with Gasteiger partial charge >= 0.3 is 0 Å². The molecular formula is C71H47FN2. The van der Waals surface area contributed by atoms with Crippen LogP contribution in [-0.4, -0.2) is 4.98 Å². The molecule has 0 bridgehead atoms. The number of anilines is 3. The Hall–Kier alpha value is -9.70. The lowest BCUT2D eigenvalue weighted by molar-refractivity contribution is 0.630. The molecule has 1 aromatic heterocycles. The maximum atomic E-state index is 17.3. The van der Waals surface area contributed by atoms with Crippen LogP contribution in [0, 0.1) is 5.82 Å². The Labute approximate surface area is 430 Å². The van der Waals surface area contributed by atoms with Gasteiger partial charge < -0.3 is 4.90 Å². The van der Waals surface area contributed by atoms with Gasteiger partial charge in [0, 0.05) is 33.9 Å². The summed E-state index contributed by atoms with van der Waals surface area (Å²) in [6, 6.07) is 97.3. The van der Waals surface area contributed by atoms with Crippen LogP contribution in [0.15, 0.2) is 285 Å². The highest BCUT2D eigenvalue weighted by atomic mass is 19.1. The van der Waals surface area contributed by atoms with Crippen molar-refractivity contribution in [3.05, 3.63) is 291 Å². The minimum Gasteiger partial charge on any atom is -0.307 e. The Balaban J connectivity index is 1.00. The van der Waals surface area contributed by atoms with Gasteiger partial charge in [-0.15, -0.1) is 0 Å². The molecule has 74 heavy (non-hydrogen) atoms. The fourth-order valence-corrected chi connectivity index (χ4v) is 10.8. The number of pyridine rings is 1. The molecule has 12 aromatic carbocycles. The van der Waals surface area contributed by atoms with E-state index in [2.05, 4.69) is 188 Å². The van der Waals surface area contributed by atoms with Gasteiger partial charge in [0.15, 0.2) is 0 Å². The van der Waals surface area contributed by atoms with Gasteiger partial charge in [0.2, 0.25) is 0 Å². The normalized spacial score (nSPS) is 11.3. The smallest absolute Gasteiger partial charge is 0.148 e. The van der Waals surface area contributed by atoms with E-state index in [1.165, 1.54) is 22.3 Å². The van der Waals surface area contributed by atoms with Crippen molar-refractivity contribution >= 4 is 49.5 Å². The predicted octanol–water partition coefficient (Wildman–Crippen LogP) is 19.8. The van der Waals surface area contributed by atoms with E-state index in [1.54, 1.807) is 6.07 Å². The summed E-state index contributed by atoms with van der Waals surface area (Å²) in [4.78, 5) is 7.16. The van der Waals surface area contributed by atoms with E-state index in [0.717, 1.165) is 99.5 Å². The molecular weight excluding hydrogens is 900 g/mol. The maximum Gasteiger partial charge on any atom is 0.148 e. The van der Waals surface area contributed by atoms with E-state index >= 15 is 4.39 Å². The molecule has 0 atom stereocenters. The summed E-state index contributed by atoms with van der Waals surface area (Å²) >= 11 is 0. The Kier molecular flexibility index (Phi) is 11.4. The molecule has 348 valence electrons. The zero-order valence-corrected chi connectivity index (χ0v) is 40.4. The van der Waals surface area contributed by atoms with E-state index in [0.29, 0.717) is 5.69 Å². The molecule has 0 N–H and O–H groups in total. The molecule has 1 heterocycles. The topological polar surface area (TPSA) is 16.1 Å². The summed E-state index contributed by atoms with van der Waals surface area (Å²) in [5.74, 6) is -0.308. The van der Waals surface area contributed by atoms with E-state index in [4.69, 9.17) is 4.98 Å². The summed E-state index contributed by atoms with van der Waals surface area (Å²) in [5, 5.41) is 5.64. The van der Waals surface area contributed by atoms with Gasteiger partial charge in [-0.2, -0.15) is 0 Å². The van der Waals surface area contributed by atoms with E-state index in [9.17, 15) is 0 Å². The van der Waals surface area contributed by atoms with Gasteiger partial charge in [0.25, 0.3) is 0 Å². The Morgan fingerprint density at radius 1 is 0.297 bits per heavy atom. The number of halogens is 1. The van der Waals surface area contributed by atoms with Gasteiger partial charge in [-0.1, -0.05) is 231 Å². The van der Waals surface area contributed by atoms with Crippen LogP contribution in [0.2, 0.25) is 0 Å². The minimum atomic E-state index is -0.308. The number of para-hydroxylation sites is 1. The highest BCUT2D eigenvalue weighted by Gasteiger charge is 2.24. The summed E-state index contributed by atoms with van der Waals surface area (Å²) in [5.41, 5.74) is 18.0. The molecule has 13 rings (SSSR count). The summed E-state index contributed by atoms with van der Waals surface area (Å²) in [6.45, 7) is 0. The lowest BCUT2D eigenvalue weighted by Gasteiger charge is -2.29. The average Bonchev–Trinajstić information content (AvgIpc) is 3.50. The van der Waals surface area contributed by atoms with Crippen LogP contribution in [0.5, 0.6) is 0 Å². The second-order valence-electron chi connectivity index (χ2n) is 18.8. The van der Waals surface area contributed by atoms with Gasteiger partial charge in [-0.25, -0.2) is 4.39 Å². The third-order valence-corrected chi connectivity index (χ3v) is 14.4. The maximum absolute atomic E-state index is 17.3. The van der Waals surface area contributed by atoms with Gasteiger partial charge in [-0.05, 0) is 137 Å². The van der Waals surface area contributed by atoms with Crippen LogP contribution in [0.1, 0.15) is 0 Å². The van der Waals surface area contributed by atoms with Crippen molar-refractivity contribution < 1.29 is 4.39 Å². The molecule has 0 spiro atoms. The number of fused-ring (bicyclic) bond motifs is 4. The highest BCUT2D eigenvalue weighted by molar-refractivity contribution is 6.27. The Morgan fingerprint density at radius 3 is 1.34 bits per heavy atom. The van der Waals surface area contributed by atoms with Gasteiger partial charge in [0.1, 0.15) is 5.82 Å². The first-order valence-corrected chi connectivity index (χ1v) is 25.1. The van der Waals surface area contributed by atoms with E-state index in [1.807, 2.05) is 96.0 Å². The van der Waals surface area contributed by atoms with Crippen molar-refractivity contribution in [1.82, 2.24) is 4.98 Å². The lowest BCUT2D eigenvalue weighted by Crippen LogP contribution is -2.13. The average molecular weight is 947 g/mol. The van der Waals surface area contributed by atoms with Crippen LogP contribution in [0.25, 0.3) is 110 Å². The summed E-state index contributed by atoms with van der Waals surface area (Å²) < 4.78 is 17.3. The number of rotatable bonds is 10. The molecule has 3 heteroatoms. The minimum absolute atomic E-state index is 0.308. The molecule has 0 saturated carbocycles. The van der Waals surface area contributed by atoms with Gasteiger partial charge in [-0.3, -0.25) is 4.98 Å². The highest BCUT2D eigenvalue weighted by Crippen LogP contribution is 2.49. The van der Waals surface area contributed by atoms with Crippen LogP contribution in [-0.2, 0) is 0 Å². The molecule has 0 saturated heterocycles. The van der Waals surface area contributed by atoms with E-state index < -0.39 is 0 Å². The fraction of sp³-hybridized carbons (Fsp3) is 0. The molecule has 0 aliphatic heterocycles. The number of nitrogens with zero attached hydrogens (tertiary/aromatic N) is 2. The Morgan fingerprint density at radius 2 is 0.743 bits per heavy atom. The third kappa shape index (κ3) is 8.17. The van der Waals surface area contributed by atoms with Gasteiger partial charge in [0.05, 0.1) is 11.2 Å². The Bertz CT molecular complexity index is 4130. The molecule has 0 unspecified atom stereocenters. The first kappa shape index (κ1) is 44.3. The molecule has 0 radical (unpaired) electrons. The zero-order chi connectivity index (χ0) is 49.4. The second kappa shape index (κ2) is 19.1. The van der Waals surface area contributed by atoms with Crippen molar-refractivity contribution in [2.75, 3.05) is 4.90 Å². The fourth-order valence-electron chi connectivity index (χ4n) is 10.8. The SMILES string of the molecule is Fc1cc(-c2ccccc2)cc(-c2ccccc2)c1N(c1ccccc1)c1ccc(-c2ccc3c(-c4ccc(-c5ccccc5)cc4)c4c(ccc5cccnc54)c(-c4ccc(-c5ccccc5)cc4)c3c2)cc1. The summed E-state index contributed by atoms with van der Waals surface area (Å²) in [7, 11) is 0. The summed E-state index contributed by atoms with van der Waals surface area (Å²) in [6.07, 6.45) is 1.91. The molecule has 0 aliphatic rings. The standard InChI is InChI=1S/C71H47FN2/c72-66-47-59(50-21-10-3-11-22-50)46-64(54-23-12-4-13-24-54)71(66)74(60-26-14-5-15-27-60)61-40-36-53(37-41-61)58-39-42-62-65(45-58)67(55-32-28-51(29-33-55)48-17-6-1-7-18-48)63-43-38-57-25-16-44-73-70(57)69(63)68(62)56-34-30-52(31-35-56)49-19-8-2-9-20-49/h1-47H. The number of hydrogen-bond donors (Lipinski definition) is 0. The van der Waals surface area contributed by atoms with Crippen LogP contribution >= 0.6 is 0 Å². The zero-order valence-electron chi connectivity index (χ0n) is 40.4. The number of aromatic nitrogens is 1. The molecule has 0 aliphatic carbocycles. The first-order valence-electron chi connectivity index (χ1n) is 25.1. The molecule has 0 fully saturated rings. The quantitative estimate of drug-likeness (QED) is 0.100. The monoisotopic (exact) mass is 946 g/mol. The lowest BCUT2D eigenvalue weighted by atomic mass is 9.83. The molecule has 13 aromatic rings. The predicted molar refractivity (Wildman–Crippen MR) is 309 cm³/mol. The van der Waals surface area contributed by atoms with Crippen molar-refractivity contribution in [1.29, 1.82) is 0 Å². The van der Waals surface area contributed by atoms with Crippen molar-refractivity contribution in [3.63, 3.8) is 0 Å². The third-order valence-electron chi connectivity index (χ3n) is 14.4. The second-order valence-corrected chi connectivity index (χ2v) is 18.8. The largest absolute Gasteiger partial charge is 0.307 e. The number of hydrogen-bond acceptors (Lipinski definition) is 2. The van der Waals surface area contributed by atoms with Crippen molar-refractivity contribution in [2.45, 2.75) is 0 Å². The van der Waals surface area contributed by atoms with Crippen molar-refractivity contribution in [2.24, 2.45) is 0 Å². The number of benzene rings is 12. The van der Waals surface area contributed by atoms with Crippen LogP contribution in [0.3, 0.4) is 0 Å². The van der Waals surface area contributed by atoms with Crippen LogP contribution in [0.4, 0.5) is 21.5 Å². The first-order chi connectivity index (χ1) is 36.6. The van der Waals surface area contributed by atoms with Crippen molar-refractivity contribution in [3.8, 4) is 77.9 Å². The molecule has 2 nitrogen and oxygen atoms in total.